The third kappa shape index (κ3) is 5.72. The third-order valence-corrected chi connectivity index (χ3v) is 6.11. The van der Waals surface area contributed by atoms with Crippen LogP contribution in [0.1, 0.15) is 45.4 Å². The van der Waals surface area contributed by atoms with Gasteiger partial charge in [0.1, 0.15) is 0 Å². The molecule has 3 N–H and O–H groups in total. The Labute approximate surface area is 162 Å². The summed E-state index contributed by atoms with van der Waals surface area (Å²) in [6.07, 6.45) is 12.2. The van der Waals surface area contributed by atoms with Gasteiger partial charge >= 0.3 is 0 Å². The number of aliphatic imine (C=N–C) groups is 1. The number of nitrogens with two attached hydrogens (primary N) is 1. The van der Waals surface area contributed by atoms with E-state index >= 15 is 0 Å². The van der Waals surface area contributed by atoms with Crippen molar-refractivity contribution in [2.75, 3.05) is 26.5 Å². The SMILES string of the molecule is CN=CC(=CN)C1CCC(OC[C@H]2C(NSC)CCCN2C(C)=O)CC1. The minimum absolute atomic E-state index is 0.123. The number of allylic oxidation sites excluding steroid dienone is 1. The number of hydrogen-bond donors (Lipinski definition) is 2. The van der Waals surface area contributed by atoms with Crippen molar-refractivity contribution in [1.82, 2.24) is 9.62 Å². The molecule has 0 aromatic rings. The summed E-state index contributed by atoms with van der Waals surface area (Å²) in [5.41, 5.74) is 6.87. The van der Waals surface area contributed by atoms with Gasteiger partial charge in [0.15, 0.2) is 0 Å². The van der Waals surface area contributed by atoms with Crippen LogP contribution in [0.4, 0.5) is 0 Å². The van der Waals surface area contributed by atoms with Crippen LogP contribution in [0.25, 0.3) is 0 Å². The molecule has 1 aliphatic carbocycles. The number of amides is 1. The van der Waals surface area contributed by atoms with Crippen LogP contribution < -0.4 is 10.5 Å². The molecular formula is C19H34N4O2S. The second-order valence-electron chi connectivity index (χ2n) is 7.21. The van der Waals surface area contributed by atoms with E-state index in [0.717, 1.165) is 50.6 Å². The van der Waals surface area contributed by atoms with Crippen molar-refractivity contribution < 1.29 is 9.53 Å². The number of carbonyl (C=O) groups excluding carboxylic acids is 1. The number of carbonyl (C=O) groups is 1. The van der Waals surface area contributed by atoms with Gasteiger partial charge in [-0.05, 0) is 62.5 Å². The van der Waals surface area contributed by atoms with Crippen LogP contribution in [-0.4, -0.2) is 61.7 Å². The summed E-state index contributed by atoms with van der Waals surface area (Å²) in [5, 5.41) is 0. The Bertz CT molecular complexity index is 502. The molecule has 0 spiro atoms. The van der Waals surface area contributed by atoms with Crippen LogP contribution in [0.3, 0.4) is 0 Å². The minimum atomic E-state index is 0.123. The van der Waals surface area contributed by atoms with E-state index in [-0.39, 0.29) is 18.1 Å². The summed E-state index contributed by atoms with van der Waals surface area (Å²) in [5.74, 6) is 0.629. The highest BCUT2D eigenvalue weighted by Gasteiger charge is 2.34. The lowest BCUT2D eigenvalue weighted by molar-refractivity contribution is -0.136. The molecule has 2 aliphatic rings. The average Bonchev–Trinajstić information content (AvgIpc) is 2.65. The van der Waals surface area contributed by atoms with Crippen LogP contribution in [0.5, 0.6) is 0 Å². The Balaban J connectivity index is 1.87. The molecule has 7 heteroatoms. The molecule has 148 valence electrons. The molecule has 2 atom stereocenters. The predicted octanol–water partition coefficient (Wildman–Crippen LogP) is 2.35. The van der Waals surface area contributed by atoms with Gasteiger partial charge in [0.25, 0.3) is 0 Å². The summed E-state index contributed by atoms with van der Waals surface area (Å²) in [4.78, 5) is 18.1. The number of ether oxygens (including phenoxy) is 1. The number of hydrogen-bond acceptors (Lipinski definition) is 6. The Hall–Kier alpha value is -1.05. The molecule has 1 saturated carbocycles. The van der Waals surface area contributed by atoms with E-state index < -0.39 is 0 Å². The molecule has 26 heavy (non-hydrogen) atoms. The van der Waals surface area contributed by atoms with E-state index in [2.05, 4.69) is 9.71 Å². The first-order valence-electron chi connectivity index (χ1n) is 9.62. The quantitative estimate of drug-likeness (QED) is 0.522. The Morgan fingerprint density at radius 1 is 1.35 bits per heavy atom. The topological polar surface area (TPSA) is 80.0 Å². The van der Waals surface area contributed by atoms with Crippen molar-refractivity contribution in [2.24, 2.45) is 16.6 Å². The fourth-order valence-corrected chi connectivity index (χ4v) is 4.75. The normalized spacial score (nSPS) is 30.7. The first-order valence-corrected chi connectivity index (χ1v) is 10.8. The van der Waals surface area contributed by atoms with E-state index in [1.165, 1.54) is 0 Å². The number of nitrogens with zero attached hydrogens (tertiary/aromatic N) is 2. The van der Waals surface area contributed by atoms with Crippen molar-refractivity contribution in [3.63, 3.8) is 0 Å². The van der Waals surface area contributed by atoms with Crippen LogP contribution >= 0.6 is 11.9 Å². The molecule has 1 heterocycles. The van der Waals surface area contributed by atoms with E-state index in [1.807, 2.05) is 17.4 Å². The van der Waals surface area contributed by atoms with Crippen LogP contribution in [0, 0.1) is 5.92 Å². The number of likely N-dealkylation sites (tertiary alicyclic amines) is 1. The third-order valence-electron chi connectivity index (χ3n) is 5.57. The van der Waals surface area contributed by atoms with Gasteiger partial charge in [0.05, 0.1) is 18.8 Å². The monoisotopic (exact) mass is 382 g/mol. The maximum atomic E-state index is 12.0. The molecule has 1 aliphatic heterocycles. The zero-order valence-electron chi connectivity index (χ0n) is 16.3. The lowest BCUT2D eigenvalue weighted by atomic mass is 9.83. The molecule has 6 nitrogen and oxygen atoms in total. The first kappa shape index (κ1) is 21.3. The average molecular weight is 383 g/mol. The fraction of sp³-hybridized carbons (Fsp3) is 0.789. The van der Waals surface area contributed by atoms with E-state index in [9.17, 15) is 4.79 Å². The summed E-state index contributed by atoms with van der Waals surface area (Å²) >= 11 is 1.62. The lowest BCUT2D eigenvalue weighted by Crippen LogP contribution is -2.56. The first-order chi connectivity index (χ1) is 12.6. The van der Waals surface area contributed by atoms with Gasteiger partial charge in [0, 0.05) is 32.8 Å². The summed E-state index contributed by atoms with van der Waals surface area (Å²) in [6, 6.07) is 0.421. The second kappa shape index (κ2) is 10.9. The molecule has 0 radical (unpaired) electrons. The van der Waals surface area contributed by atoms with Crippen molar-refractivity contribution >= 4 is 24.1 Å². The maximum absolute atomic E-state index is 12.0. The van der Waals surface area contributed by atoms with Gasteiger partial charge in [0.2, 0.25) is 5.91 Å². The molecule has 1 unspecified atom stereocenters. The zero-order valence-corrected chi connectivity index (χ0v) is 17.1. The van der Waals surface area contributed by atoms with Crippen molar-refractivity contribution in [3.8, 4) is 0 Å². The van der Waals surface area contributed by atoms with E-state index in [0.29, 0.717) is 18.6 Å². The predicted molar refractivity (Wildman–Crippen MR) is 109 cm³/mol. The second-order valence-corrected chi connectivity index (χ2v) is 7.86. The number of nitrogens with one attached hydrogen (secondary N) is 1. The van der Waals surface area contributed by atoms with Gasteiger partial charge in [-0.1, -0.05) is 11.9 Å². The highest BCUT2D eigenvalue weighted by atomic mass is 32.2. The molecular weight excluding hydrogens is 348 g/mol. The Kier molecular flexibility index (Phi) is 8.95. The van der Waals surface area contributed by atoms with Crippen LogP contribution in [-0.2, 0) is 9.53 Å². The van der Waals surface area contributed by atoms with Gasteiger partial charge in [-0.3, -0.25) is 14.5 Å². The van der Waals surface area contributed by atoms with E-state index in [4.69, 9.17) is 10.5 Å². The standard InChI is InChI=1S/C19H34N4O2S/c1-14(24)23-10-4-5-18(22-26-3)19(23)13-25-17-8-6-15(7-9-17)16(11-20)12-21-2/h11-12,15,17-19,22H,4-10,13,20H2,1-3H3/t15?,17?,18?,19-/m0/s1. The van der Waals surface area contributed by atoms with Crippen LogP contribution in [0.2, 0.25) is 0 Å². The fourth-order valence-electron chi connectivity index (χ4n) is 4.17. The van der Waals surface area contributed by atoms with Crippen molar-refractivity contribution in [1.29, 1.82) is 0 Å². The van der Waals surface area contributed by atoms with Crippen molar-refractivity contribution in [3.05, 3.63) is 11.8 Å². The van der Waals surface area contributed by atoms with Gasteiger partial charge in [-0.2, -0.15) is 0 Å². The molecule has 2 fully saturated rings. The molecule has 0 bridgehead atoms. The number of piperidine rings is 1. The van der Waals surface area contributed by atoms with Gasteiger partial charge in [-0.25, -0.2) is 0 Å². The maximum Gasteiger partial charge on any atom is 0.219 e. The molecule has 1 saturated heterocycles. The molecule has 0 aromatic heterocycles. The van der Waals surface area contributed by atoms with Crippen LogP contribution in [0.15, 0.2) is 16.8 Å². The molecule has 0 aromatic carbocycles. The highest BCUT2D eigenvalue weighted by molar-refractivity contribution is 7.96. The van der Waals surface area contributed by atoms with Crippen molar-refractivity contribution in [2.45, 2.75) is 63.6 Å². The lowest BCUT2D eigenvalue weighted by Gasteiger charge is -2.41. The molecule has 2 rings (SSSR count). The Morgan fingerprint density at radius 3 is 2.65 bits per heavy atom. The minimum Gasteiger partial charge on any atom is -0.404 e. The highest BCUT2D eigenvalue weighted by Crippen LogP contribution is 2.31. The zero-order chi connectivity index (χ0) is 18.9. The van der Waals surface area contributed by atoms with E-state index in [1.54, 1.807) is 32.1 Å². The molecule has 1 amide bonds. The summed E-state index contributed by atoms with van der Waals surface area (Å²) in [7, 11) is 1.78. The smallest absolute Gasteiger partial charge is 0.219 e. The summed E-state index contributed by atoms with van der Waals surface area (Å²) in [6.45, 7) is 3.11. The number of rotatable bonds is 7. The largest absolute Gasteiger partial charge is 0.404 e. The Morgan fingerprint density at radius 2 is 2.08 bits per heavy atom. The van der Waals surface area contributed by atoms with Gasteiger partial charge < -0.3 is 15.4 Å². The summed E-state index contributed by atoms with van der Waals surface area (Å²) < 4.78 is 9.73. The van der Waals surface area contributed by atoms with Gasteiger partial charge in [-0.15, -0.1) is 0 Å².